The monoisotopic (exact) mass is 245 g/mol. The Morgan fingerprint density at radius 3 is 2.44 bits per heavy atom. The van der Waals surface area contributed by atoms with Crippen LogP contribution in [0.1, 0.15) is 44.2 Å². The Kier molecular flexibility index (Phi) is 2.42. The number of imidazole rings is 1. The van der Waals surface area contributed by atoms with Crippen molar-refractivity contribution in [2.45, 2.75) is 58.0 Å². The fourth-order valence-electron chi connectivity index (χ4n) is 3.17. The van der Waals surface area contributed by atoms with Crippen molar-refractivity contribution in [1.29, 1.82) is 0 Å². The minimum Gasteiger partial charge on any atom is -0.353 e. The molecule has 0 spiro atoms. The van der Waals surface area contributed by atoms with Crippen molar-refractivity contribution in [1.82, 2.24) is 9.55 Å². The molecule has 18 heavy (non-hydrogen) atoms. The molecule has 0 unspecified atom stereocenters. The van der Waals surface area contributed by atoms with E-state index in [4.69, 9.17) is 0 Å². The highest BCUT2D eigenvalue weighted by molar-refractivity contribution is 5.32. The molecular weight excluding hydrogens is 222 g/mol. The number of rotatable bonds is 6. The molecule has 1 heterocycles. The maximum Gasteiger partial charge on any atom is 0.203 e. The van der Waals surface area contributed by atoms with Crippen LogP contribution < -0.4 is 5.32 Å². The van der Waals surface area contributed by atoms with E-state index >= 15 is 0 Å². The first kappa shape index (κ1) is 10.9. The number of aryl methyl sites for hydroxylation is 1. The number of nitrogens with one attached hydrogen (secondary N) is 1. The van der Waals surface area contributed by atoms with Gasteiger partial charge in [-0.2, -0.15) is 0 Å². The summed E-state index contributed by atoms with van der Waals surface area (Å²) in [5.74, 6) is 4.10. The van der Waals surface area contributed by atoms with Crippen LogP contribution in [0.5, 0.6) is 0 Å². The molecule has 3 saturated carbocycles. The molecule has 0 amide bonds. The first-order chi connectivity index (χ1) is 8.79. The summed E-state index contributed by atoms with van der Waals surface area (Å²) in [5.41, 5.74) is 1.16. The van der Waals surface area contributed by atoms with Crippen LogP contribution in [0.4, 0.5) is 5.95 Å². The van der Waals surface area contributed by atoms with E-state index in [1.807, 2.05) is 0 Å². The molecule has 3 nitrogen and oxygen atoms in total. The topological polar surface area (TPSA) is 29.9 Å². The van der Waals surface area contributed by atoms with Crippen LogP contribution in [-0.4, -0.2) is 15.6 Å². The quantitative estimate of drug-likeness (QED) is 0.834. The highest BCUT2D eigenvalue weighted by Crippen LogP contribution is 2.50. The van der Waals surface area contributed by atoms with Gasteiger partial charge in [0.25, 0.3) is 0 Å². The number of hydrogen-bond acceptors (Lipinski definition) is 2. The van der Waals surface area contributed by atoms with E-state index in [1.165, 1.54) is 45.1 Å². The predicted octanol–water partition coefficient (Wildman–Crippen LogP) is 3.20. The van der Waals surface area contributed by atoms with Gasteiger partial charge in [0.2, 0.25) is 5.95 Å². The van der Waals surface area contributed by atoms with Gasteiger partial charge < -0.3 is 9.88 Å². The fraction of sp³-hybridized carbons (Fsp3) is 0.800. The van der Waals surface area contributed by atoms with Crippen molar-refractivity contribution in [2.75, 3.05) is 5.32 Å². The highest BCUT2D eigenvalue weighted by atomic mass is 15.2. The minimum atomic E-state index is 0.700. The van der Waals surface area contributed by atoms with Crippen LogP contribution in [0.3, 0.4) is 0 Å². The third-order valence-electron chi connectivity index (χ3n) is 4.67. The molecule has 3 aliphatic rings. The second-order valence-corrected chi connectivity index (χ2v) is 6.62. The lowest BCUT2D eigenvalue weighted by molar-refractivity contribution is 0.350. The summed E-state index contributed by atoms with van der Waals surface area (Å²) < 4.78 is 2.40. The van der Waals surface area contributed by atoms with Gasteiger partial charge in [-0.3, -0.25) is 0 Å². The summed E-state index contributed by atoms with van der Waals surface area (Å²) >= 11 is 0. The molecule has 1 aromatic heterocycles. The maximum atomic E-state index is 4.66. The van der Waals surface area contributed by atoms with Crippen LogP contribution in [0, 0.1) is 24.7 Å². The zero-order chi connectivity index (χ0) is 12.1. The Morgan fingerprint density at radius 1 is 1.22 bits per heavy atom. The van der Waals surface area contributed by atoms with Crippen molar-refractivity contribution in [3.8, 4) is 0 Å². The normalized spacial score (nSPS) is 23.7. The van der Waals surface area contributed by atoms with Gasteiger partial charge in [-0.25, -0.2) is 4.98 Å². The van der Waals surface area contributed by atoms with Gasteiger partial charge in [0, 0.05) is 18.8 Å². The summed E-state index contributed by atoms with van der Waals surface area (Å²) in [6.45, 7) is 3.31. The summed E-state index contributed by atoms with van der Waals surface area (Å²) in [7, 11) is 0. The van der Waals surface area contributed by atoms with Gasteiger partial charge in [-0.15, -0.1) is 0 Å². The molecule has 3 aliphatic carbocycles. The van der Waals surface area contributed by atoms with Gasteiger partial charge >= 0.3 is 0 Å². The molecule has 0 bridgehead atoms. The van der Waals surface area contributed by atoms with Crippen molar-refractivity contribution >= 4 is 5.95 Å². The Hall–Kier alpha value is -0.990. The fourth-order valence-corrected chi connectivity index (χ4v) is 3.17. The van der Waals surface area contributed by atoms with E-state index in [-0.39, 0.29) is 0 Å². The SMILES string of the molecule is Cc1cn(CC(C2CC2)C2CC2)c(NC2CC2)n1. The lowest BCUT2D eigenvalue weighted by Crippen LogP contribution is -2.17. The molecule has 0 aliphatic heterocycles. The molecule has 1 aromatic rings. The van der Waals surface area contributed by atoms with Gasteiger partial charge in [0.15, 0.2) is 0 Å². The summed E-state index contributed by atoms with van der Waals surface area (Å²) in [5, 5.41) is 3.58. The predicted molar refractivity (Wildman–Crippen MR) is 72.5 cm³/mol. The van der Waals surface area contributed by atoms with E-state index in [2.05, 4.69) is 28.0 Å². The van der Waals surface area contributed by atoms with Crippen molar-refractivity contribution < 1.29 is 0 Å². The van der Waals surface area contributed by atoms with Gasteiger partial charge in [-0.1, -0.05) is 0 Å². The van der Waals surface area contributed by atoms with E-state index in [0.29, 0.717) is 6.04 Å². The van der Waals surface area contributed by atoms with Crippen LogP contribution in [0.2, 0.25) is 0 Å². The van der Waals surface area contributed by atoms with Crippen LogP contribution in [0.25, 0.3) is 0 Å². The first-order valence-electron chi connectivity index (χ1n) is 7.60. The van der Waals surface area contributed by atoms with Crippen LogP contribution >= 0.6 is 0 Å². The highest BCUT2D eigenvalue weighted by Gasteiger charge is 2.41. The van der Waals surface area contributed by atoms with E-state index < -0.39 is 0 Å². The maximum absolute atomic E-state index is 4.66. The molecular formula is C15H23N3. The third kappa shape index (κ3) is 2.27. The zero-order valence-electron chi connectivity index (χ0n) is 11.2. The molecule has 0 atom stereocenters. The van der Waals surface area contributed by atoms with Crippen LogP contribution in [0.15, 0.2) is 6.20 Å². The number of hydrogen-bond donors (Lipinski definition) is 1. The average molecular weight is 245 g/mol. The molecule has 3 heteroatoms. The summed E-state index contributed by atoms with van der Waals surface area (Å²) in [6, 6.07) is 0.700. The molecule has 0 saturated heterocycles. The third-order valence-corrected chi connectivity index (χ3v) is 4.67. The Bertz CT molecular complexity index is 427. The molecule has 0 aromatic carbocycles. The number of aromatic nitrogens is 2. The summed E-state index contributed by atoms with van der Waals surface area (Å²) in [6.07, 6.45) is 10.8. The smallest absolute Gasteiger partial charge is 0.203 e. The Balaban J connectivity index is 1.51. The second kappa shape index (κ2) is 4.01. The molecule has 0 radical (unpaired) electrons. The van der Waals surface area contributed by atoms with Crippen molar-refractivity contribution in [2.24, 2.45) is 17.8 Å². The van der Waals surface area contributed by atoms with Crippen molar-refractivity contribution in [3.05, 3.63) is 11.9 Å². The lowest BCUT2D eigenvalue weighted by Gasteiger charge is -2.18. The Labute approximate surface area is 109 Å². The van der Waals surface area contributed by atoms with Gasteiger partial charge in [0.05, 0.1) is 5.69 Å². The molecule has 98 valence electrons. The van der Waals surface area contributed by atoms with Gasteiger partial charge in [0.1, 0.15) is 0 Å². The van der Waals surface area contributed by atoms with E-state index in [9.17, 15) is 0 Å². The number of anilines is 1. The molecule has 4 rings (SSSR count). The average Bonchev–Trinajstić information content (AvgIpc) is 3.21. The standard InChI is InChI=1S/C15H23N3/c1-10-8-18(15(16-10)17-13-6-7-13)9-14(11-2-3-11)12-4-5-12/h8,11-14H,2-7,9H2,1H3,(H,16,17). The summed E-state index contributed by atoms with van der Waals surface area (Å²) in [4.78, 5) is 4.66. The van der Waals surface area contributed by atoms with Crippen molar-refractivity contribution in [3.63, 3.8) is 0 Å². The number of nitrogens with zero attached hydrogens (tertiary/aromatic N) is 2. The van der Waals surface area contributed by atoms with E-state index in [0.717, 1.165) is 29.4 Å². The zero-order valence-corrected chi connectivity index (χ0v) is 11.2. The largest absolute Gasteiger partial charge is 0.353 e. The van der Waals surface area contributed by atoms with Gasteiger partial charge in [-0.05, 0) is 63.2 Å². The molecule has 3 fully saturated rings. The molecule has 1 N–H and O–H groups in total. The first-order valence-corrected chi connectivity index (χ1v) is 7.60. The second-order valence-electron chi connectivity index (χ2n) is 6.62. The van der Waals surface area contributed by atoms with Crippen LogP contribution in [-0.2, 0) is 6.54 Å². The van der Waals surface area contributed by atoms with E-state index in [1.54, 1.807) is 0 Å². The lowest BCUT2D eigenvalue weighted by atomic mass is 9.98. The minimum absolute atomic E-state index is 0.700. The Morgan fingerprint density at radius 2 is 1.89 bits per heavy atom.